The molecule has 0 saturated heterocycles. The maximum Gasteiger partial charge on any atom is 0.142 e. The van der Waals surface area contributed by atoms with E-state index in [1.165, 1.54) is 43.2 Å². The molecule has 5 atom stereocenters. The van der Waals surface area contributed by atoms with Gasteiger partial charge in [0.2, 0.25) is 0 Å². The Hall–Kier alpha value is -1.22. The number of methoxy groups -OCH3 is 2. The molecular weight excluding hydrogens is 286 g/mol. The van der Waals surface area contributed by atoms with Gasteiger partial charge in [-0.15, -0.1) is 0 Å². The number of ether oxygens (including phenoxy) is 2. The van der Waals surface area contributed by atoms with Crippen LogP contribution in [-0.4, -0.2) is 20.3 Å². The zero-order valence-electron chi connectivity index (χ0n) is 14.6. The number of fused-ring (bicyclic) bond motifs is 5. The molecule has 0 heterocycles. The summed E-state index contributed by atoms with van der Waals surface area (Å²) in [5.41, 5.74) is 10.3. The molecule has 0 bridgehead atoms. The SMILES string of the molecule is COc1cc2c(cc1N)[C@H]1CC[C@]3(C)[C@@H](OC)CC[C@H]3[C@@H]1CC2. The molecule has 2 N–H and O–H groups in total. The van der Waals surface area contributed by atoms with Crippen LogP contribution in [0.15, 0.2) is 12.1 Å². The van der Waals surface area contributed by atoms with Gasteiger partial charge in [-0.05, 0) is 85.0 Å². The van der Waals surface area contributed by atoms with Crippen LogP contribution >= 0.6 is 0 Å². The molecule has 23 heavy (non-hydrogen) atoms. The third kappa shape index (κ3) is 2.12. The summed E-state index contributed by atoms with van der Waals surface area (Å²) < 4.78 is 11.3. The van der Waals surface area contributed by atoms with E-state index in [1.807, 2.05) is 7.11 Å². The highest BCUT2D eigenvalue weighted by Crippen LogP contribution is 2.61. The molecule has 0 aliphatic heterocycles. The van der Waals surface area contributed by atoms with Crippen LogP contribution in [0.1, 0.15) is 56.1 Å². The number of rotatable bonds is 2. The van der Waals surface area contributed by atoms with Crippen molar-refractivity contribution >= 4 is 5.69 Å². The molecule has 3 heteroatoms. The summed E-state index contributed by atoms with van der Waals surface area (Å²) in [6.45, 7) is 2.48. The Morgan fingerprint density at radius 1 is 1.13 bits per heavy atom. The minimum absolute atomic E-state index is 0.380. The van der Waals surface area contributed by atoms with E-state index in [2.05, 4.69) is 19.1 Å². The van der Waals surface area contributed by atoms with Gasteiger partial charge < -0.3 is 15.2 Å². The zero-order chi connectivity index (χ0) is 16.2. The van der Waals surface area contributed by atoms with Crippen molar-refractivity contribution in [3.8, 4) is 5.75 Å². The molecule has 2 saturated carbocycles. The Morgan fingerprint density at radius 3 is 2.70 bits per heavy atom. The number of anilines is 1. The maximum absolute atomic E-state index is 6.21. The minimum atomic E-state index is 0.380. The van der Waals surface area contributed by atoms with Gasteiger partial charge in [0.15, 0.2) is 0 Å². The van der Waals surface area contributed by atoms with Gasteiger partial charge in [0, 0.05) is 7.11 Å². The summed E-state index contributed by atoms with van der Waals surface area (Å²) >= 11 is 0. The van der Waals surface area contributed by atoms with Gasteiger partial charge in [0.05, 0.1) is 18.9 Å². The number of benzene rings is 1. The Kier molecular flexibility index (Phi) is 3.60. The molecule has 1 aromatic rings. The molecule has 0 amide bonds. The predicted octanol–water partition coefficient (Wildman–Crippen LogP) is 4.15. The highest BCUT2D eigenvalue weighted by Gasteiger charge is 2.55. The quantitative estimate of drug-likeness (QED) is 0.834. The van der Waals surface area contributed by atoms with Crippen LogP contribution in [0.2, 0.25) is 0 Å². The van der Waals surface area contributed by atoms with Crippen LogP contribution in [0.3, 0.4) is 0 Å². The summed E-state index contributed by atoms with van der Waals surface area (Å²) in [5, 5.41) is 0. The van der Waals surface area contributed by atoms with E-state index >= 15 is 0 Å². The van der Waals surface area contributed by atoms with Gasteiger partial charge in [-0.2, -0.15) is 0 Å². The van der Waals surface area contributed by atoms with E-state index in [0.717, 1.165) is 29.7 Å². The predicted molar refractivity (Wildman–Crippen MR) is 92.8 cm³/mol. The Bertz CT molecular complexity index is 614. The first-order valence-corrected chi connectivity index (χ1v) is 9.07. The monoisotopic (exact) mass is 315 g/mol. The van der Waals surface area contributed by atoms with Gasteiger partial charge >= 0.3 is 0 Å². The lowest BCUT2D eigenvalue weighted by atomic mass is 9.55. The van der Waals surface area contributed by atoms with Gasteiger partial charge in [0.25, 0.3) is 0 Å². The van der Waals surface area contributed by atoms with Crippen molar-refractivity contribution in [2.75, 3.05) is 20.0 Å². The van der Waals surface area contributed by atoms with E-state index in [4.69, 9.17) is 15.2 Å². The van der Waals surface area contributed by atoms with E-state index in [-0.39, 0.29) is 0 Å². The second kappa shape index (κ2) is 5.41. The first-order chi connectivity index (χ1) is 11.1. The minimum Gasteiger partial charge on any atom is -0.495 e. The first kappa shape index (κ1) is 15.3. The van der Waals surface area contributed by atoms with Crippen molar-refractivity contribution in [2.45, 2.75) is 57.5 Å². The number of hydrogen-bond acceptors (Lipinski definition) is 3. The van der Waals surface area contributed by atoms with Crippen LogP contribution in [0, 0.1) is 17.3 Å². The fourth-order valence-corrected chi connectivity index (χ4v) is 6.13. The van der Waals surface area contributed by atoms with Crippen LogP contribution in [-0.2, 0) is 11.2 Å². The fourth-order valence-electron chi connectivity index (χ4n) is 6.13. The van der Waals surface area contributed by atoms with Crippen molar-refractivity contribution in [3.05, 3.63) is 23.3 Å². The lowest BCUT2D eigenvalue weighted by Crippen LogP contribution is -2.44. The molecule has 3 nitrogen and oxygen atoms in total. The largest absolute Gasteiger partial charge is 0.495 e. The molecular formula is C20H29NO2. The van der Waals surface area contributed by atoms with Crippen molar-refractivity contribution < 1.29 is 9.47 Å². The molecule has 1 aromatic carbocycles. The smallest absolute Gasteiger partial charge is 0.142 e. The standard InChI is InChI=1S/C20H29NO2/c1-20-9-8-13-14(16(20)6-7-19(20)23-3)5-4-12-10-18(22-2)17(21)11-15(12)13/h10-11,13-14,16,19H,4-9,21H2,1-3H3/t13-,14+,16-,19-,20-/m0/s1. The van der Waals surface area contributed by atoms with Gasteiger partial charge in [-0.3, -0.25) is 0 Å². The molecule has 0 aromatic heterocycles. The molecule has 0 radical (unpaired) electrons. The number of aryl methyl sites for hydroxylation is 1. The third-order valence-electron chi connectivity index (χ3n) is 7.27. The molecule has 3 aliphatic carbocycles. The number of nitrogens with two attached hydrogens (primary N) is 1. The lowest BCUT2D eigenvalue weighted by molar-refractivity contribution is -0.0444. The average molecular weight is 315 g/mol. The van der Waals surface area contributed by atoms with Crippen molar-refractivity contribution in [1.29, 1.82) is 0 Å². The molecule has 3 aliphatic rings. The maximum atomic E-state index is 6.21. The van der Waals surface area contributed by atoms with Gasteiger partial charge in [-0.25, -0.2) is 0 Å². The van der Waals surface area contributed by atoms with Crippen LogP contribution < -0.4 is 10.5 Å². The van der Waals surface area contributed by atoms with E-state index in [0.29, 0.717) is 17.4 Å². The van der Waals surface area contributed by atoms with E-state index < -0.39 is 0 Å². The first-order valence-electron chi connectivity index (χ1n) is 9.07. The third-order valence-corrected chi connectivity index (χ3v) is 7.27. The van der Waals surface area contributed by atoms with E-state index in [1.54, 1.807) is 7.11 Å². The normalized spacial score (nSPS) is 38.6. The highest BCUT2D eigenvalue weighted by atomic mass is 16.5. The Morgan fingerprint density at radius 2 is 1.96 bits per heavy atom. The fraction of sp³-hybridized carbons (Fsp3) is 0.700. The summed E-state index contributed by atoms with van der Waals surface area (Å²) in [5.74, 6) is 3.13. The summed E-state index contributed by atoms with van der Waals surface area (Å²) in [4.78, 5) is 0. The molecule has 0 unspecified atom stereocenters. The second-order valence-corrected chi connectivity index (χ2v) is 8.05. The van der Waals surface area contributed by atoms with Gasteiger partial charge in [-0.1, -0.05) is 6.92 Å². The lowest BCUT2D eigenvalue weighted by Gasteiger charge is -2.50. The molecule has 2 fully saturated rings. The van der Waals surface area contributed by atoms with Crippen molar-refractivity contribution in [2.24, 2.45) is 17.3 Å². The molecule has 0 spiro atoms. The molecule has 126 valence electrons. The molecule has 4 rings (SSSR count). The summed E-state index contributed by atoms with van der Waals surface area (Å²) in [6, 6.07) is 4.39. The number of nitrogen functional groups attached to an aromatic ring is 1. The van der Waals surface area contributed by atoms with E-state index in [9.17, 15) is 0 Å². The van der Waals surface area contributed by atoms with Gasteiger partial charge in [0.1, 0.15) is 5.75 Å². The van der Waals surface area contributed by atoms with Crippen LogP contribution in [0.4, 0.5) is 5.69 Å². The van der Waals surface area contributed by atoms with Crippen LogP contribution in [0.25, 0.3) is 0 Å². The Labute approximate surface area is 139 Å². The van der Waals surface area contributed by atoms with Crippen molar-refractivity contribution in [1.82, 2.24) is 0 Å². The topological polar surface area (TPSA) is 44.5 Å². The summed E-state index contributed by atoms with van der Waals surface area (Å²) in [6.07, 6.45) is 8.05. The van der Waals surface area contributed by atoms with Crippen LogP contribution in [0.5, 0.6) is 5.75 Å². The average Bonchev–Trinajstić information content (AvgIpc) is 2.90. The summed E-state index contributed by atoms with van der Waals surface area (Å²) in [7, 11) is 3.60. The number of hydrogen-bond donors (Lipinski definition) is 1. The Balaban J connectivity index is 1.69. The second-order valence-electron chi connectivity index (χ2n) is 8.05. The van der Waals surface area contributed by atoms with Crippen molar-refractivity contribution in [3.63, 3.8) is 0 Å². The highest BCUT2D eigenvalue weighted by molar-refractivity contribution is 5.58. The zero-order valence-corrected chi connectivity index (χ0v) is 14.6.